The summed E-state index contributed by atoms with van der Waals surface area (Å²) in [6.07, 6.45) is 1.17. The lowest BCUT2D eigenvalue weighted by atomic mass is 10.1. The molecular formula is C34H36N6O2S. The van der Waals surface area contributed by atoms with E-state index in [2.05, 4.69) is 64.2 Å². The molecule has 0 aliphatic carbocycles. The van der Waals surface area contributed by atoms with Crippen LogP contribution in [0.3, 0.4) is 0 Å². The Kier molecular flexibility index (Phi) is 8.42. The van der Waals surface area contributed by atoms with Gasteiger partial charge in [0.15, 0.2) is 5.65 Å². The Balaban J connectivity index is 1.06. The lowest BCUT2D eigenvalue weighted by molar-refractivity contribution is -0.133. The van der Waals surface area contributed by atoms with Crippen LogP contribution in [0.1, 0.15) is 46.8 Å². The van der Waals surface area contributed by atoms with Crippen LogP contribution in [0.15, 0.2) is 78.0 Å². The molecule has 9 heteroatoms. The average molecular weight is 593 g/mol. The van der Waals surface area contributed by atoms with Crippen molar-refractivity contribution in [3.8, 4) is 0 Å². The first-order valence-electron chi connectivity index (χ1n) is 14.8. The maximum atomic E-state index is 13.0. The largest absolute Gasteiger partial charge is 0.339 e. The number of rotatable bonds is 8. The topological polar surface area (TPSA) is 84.2 Å². The fourth-order valence-corrected chi connectivity index (χ4v) is 6.46. The summed E-state index contributed by atoms with van der Waals surface area (Å²) in [5.74, 6) is 0.875. The standard InChI is InChI=1S/C34H36N6O2S/c1-23-11-14-27(15-12-23)33(42)39-18-17-38(21-25(39)3)30(41)10-7-19-43-34-35-32-31(36-37-34)28-20-24(2)13-16-29(28)40(32)22-26-8-5-4-6-9-26/h4-6,8-9,11-16,20,25H,7,10,17-19,21-22H2,1-3H3. The van der Waals surface area contributed by atoms with E-state index in [1.165, 1.54) is 22.9 Å². The third-order valence-corrected chi connectivity index (χ3v) is 9.02. The van der Waals surface area contributed by atoms with Gasteiger partial charge in [-0.3, -0.25) is 9.59 Å². The molecule has 0 bridgehead atoms. The Labute approximate surface area is 256 Å². The minimum absolute atomic E-state index is 0.0273. The minimum Gasteiger partial charge on any atom is -0.339 e. The van der Waals surface area contributed by atoms with Crippen LogP contribution in [0, 0.1) is 13.8 Å². The summed E-state index contributed by atoms with van der Waals surface area (Å²) < 4.78 is 2.21. The predicted molar refractivity (Wildman–Crippen MR) is 171 cm³/mol. The molecule has 0 spiro atoms. The molecule has 5 aromatic rings. The van der Waals surface area contributed by atoms with Gasteiger partial charge in [0.05, 0.1) is 5.52 Å². The number of amides is 2. The number of benzene rings is 3. The first-order chi connectivity index (χ1) is 20.9. The van der Waals surface area contributed by atoms with E-state index >= 15 is 0 Å². The highest BCUT2D eigenvalue weighted by atomic mass is 32.2. The van der Waals surface area contributed by atoms with E-state index in [0.717, 1.165) is 33.4 Å². The average Bonchev–Trinajstić information content (AvgIpc) is 3.31. The summed E-state index contributed by atoms with van der Waals surface area (Å²) in [5, 5.41) is 10.7. The molecule has 8 nitrogen and oxygen atoms in total. The highest BCUT2D eigenvalue weighted by Gasteiger charge is 2.30. The zero-order chi connectivity index (χ0) is 29.9. The third kappa shape index (κ3) is 6.27. The van der Waals surface area contributed by atoms with Gasteiger partial charge in [0.25, 0.3) is 5.91 Å². The summed E-state index contributed by atoms with van der Waals surface area (Å²) in [7, 11) is 0. The molecule has 3 aromatic carbocycles. The molecule has 43 heavy (non-hydrogen) atoms. The van der Waals surface area contributed by atoms with E-state index in [1.807, 2.05) is 54.0 Å². The number of thioether (sulfide) groups is 1. The minimum atomic E-state index is -0.0292. The number of nitrogens with zero attached hydrogens (tertiary/aromatic N) is 6. The van der Waals surface area contributed by atoms with Crippen molar-refractivity contribution in [1.82, 2.24) is 29.5 Å². The molecule has 2 amide bonds. The summed E-state index contributed by atoms with van der Waals surface area (Å²) >= 11 is 1.53. The van der Waals surface area contributed by atoms with Gasteiger partial charge in [-0.2, -0.15) is 0 Å². The first kappa shape index (κ1) is 28.9. The van der Waals surface area contributed by atoms with Gasteiger partial charge in [-0.05, 0) is 57.0 Å². The van der Waals surface area contributed by atoms with Gasteiger partial charge in [-0.1, -0.05) is 71.4 Å². The van der Waals surface area contributed by atoms with E-state index in [-0.39, 0.29) is 17.9 Å². The number of fused-ring (bicyclic) bond motifs is 3. The number of piperazine rings is 1. The molecule has 6 rings (SSSR count). The fraction of sp³-hybridized carbons (Fsp3) is 0.324. The molecule has 0 N–H and O–H groups in total. The van der Waals surface area contributed by atoms with Crippen LogP contribution in [0.25, 0.3) is 22.1 Å². The van der Waals surface area contributed by atoms with Crippen molar-refractivity contribution in [1.29, 1.82) is 0 Å². The molecule has 0 radical (unpaired) electrons. The van der Waals surface area contributed by atoms with E-state index < -0.39 is 0 Å². The number of carbonyl (C=O) groups is 2. The van der Waals surface area contributed by atoms with Crippen molar-refractivity contribution in [2.24, 2.45) is 0 Å². The van der Waals surface area contributed by atoms with Crippen molar-refractivity contribution in [2.45, 2.75) is 51.4 Å². The number of aryl methyl sites for hydroxylation is 2. The molecule has 0 saturated carbocycles. The molecule has 1 aliphatic rings. The van der Waals surface area contributed by atoms with Gasteiger partial charge in [0, 0.05) is 55.3 Å². The molecule has 1 unspecified atom stereocenters. The molecule has 1 aliphatic heterocycles. The van der Waals surface area contributed by atoms with Crippen LogP contribution in [-0.2, 0) is 11.3 Å². The Morgan fingerprint density at radius 2 is 1.70 bits per heavy atom. The van der Waals surface area contributed by atoms with E-state index in [4.69, 9.17) is 4.98 Å². The summed E-state index contributed by atoms with van der Waals surface area (Å²) in [6.45, 7) is 8.46. The van der Waals surface area contributed by atoms with E-state index in [1.54, 1.807) is 0 Å². The number of hydrogen-bond donors (Lipinski definition) is 0. The maximum absolute atomic E-state index is 13.0. The second kappa shape index (κ2) is 12.6. The van der Waals surface area contributed by atoms with Gasteiger partial charge in [-0.25, -0.2) is 4.98 Å². The highest BCUT2D eigenvalue weighted by Crippen LogP contribution is 2.29. The molecule has 2 aromatic heterocycles. The maximum Gasteiger partial charge on any atom is 0.254 e. The molecular weight excluding hydrogens is 556 g/mol. The Morgan fingerprint density at radius 3 is 2.47 bits per heavy atom. The van der Waals surface area contributed by atoms with Crippen LogP contribution in [0.5, 0.6) is 0 Å². The van der Waals surface area contributed by atoms with Crippen LogP contribution < -0.4 is 0 Å². The summed E-state index contributed by atoms with van der Waals surface area (Å²) in [5.41, 5.74) is 6.91. The lowest BCUT2D eigenvalue weighted by Gasteiger charge is -2.40. The Morgan fingerprint density at radius 1 is 0.930 bits per heavy atom. The molecule has 220 valence electrons. The van der Waals surface area contributed by atoms with E-state index in [0.29, 0.717) is 49.7 Å². The van der Waals surface area contributed by atoms with Crippen molar-refractivity contribution in [2.75, 3.05) is 25.4 Å². The van der Waals surface area contributed by atoms with Crippen LogP contribution in [-0.4, -0.2) is 72.8 Å². The Bertz CT molecular complexity index is 1770. The van der Waals surface area contributed by atoms with Crippen LogP contribution in [0.4, 0.5) is 0 Å². The number of hydrogen-bond acceptors (Lipinski definition) is 6. The summed E-state index contributed by atoms with van der Waals surface area (Å²) in [6, 6.07) is 24.4. The number of carbonyl (C=O) groups excluding carboxylic acids is 2. The molecule has 1 saturated heterocycles. The van der Waals surface area contributed by atoms with Crippen LogP contribution in [0.2, 0.25) is 0 Å². The fourth-order valence-electron chi connectivity index (χ4n) is 5.73. The number of aromatic nitrogens is 4. The third-order valence-electron chi connectivity index (χ3n) is 8.09. The van der Waals surface area contributed by atoms with Gasteiger partial charge in [-0.15, -0.1) is 10.2 Å². The van der Waals surface area contributed by atoms with Crippen molar-refractivity contribution >= 4 is 45.6 Å². The first-order valence-corrected chi connectivity index (χ1v) is 15.8. The predicted octanol–water partition coefficient (Wildman–Crippen LogP) is 5.89. The smallest absolute Gasteiger partial charge is 0.254 e. The zero-order valence-electron chi connectivity index (χ0n) is 24.9. The second-order valence-corrected chi connectivity index (χ2v) is 12.4. The summed E-state index contributed by atoms with van der Waals surface area (Å²) in [4.78, 5) is 34.7. The van der Waals surface area contributed by atoms with Gasteiger partial charge >= 0.3 is 0 Å². The molecule has 3 heterocycles. The monoisotopic (exact) mass is 592 g/mol. The van der Waals surface area contributed by atoms with Crippen molar-refractivity contribution in [3.63, 3.8) is 0 Å². The second-order valence-electron chi connectivity index (χ2n) is 11.4. The lowest BCUT2D eigenvalue weighted by Crippen LogP contribution is -2.55. The van der Waals surface area contributed by atoms with E-state index in [9.17, 15) is 9.59 Å². The normalized spacial score (nSPS) is 15.4. The highest BCUT2D eigenvalue weighted by molar-refractivity contribution is 7.99. The van der Waals surface area contributed by atoms with Crippen molar-refractivity contribution < 1.29 is 9.59 Å². The Hall–Kier alpha value is -4.24. The quantitative estimate of drug-likeness (QED) is 0.165. The SMILES string of the molecule is Cc1ccc(C(=O)N2CCN(C(=O)CCCSc3nnc4c5cc(C)ccc5n(Cc5ccccc5)c4n3)CC2C)cc1. The van der Waals surface area contributed by atoms with Gasteiger partial charge in [0.1, 0.15) is 5.52 Å². The van der Waals surface area contributed by atoms with Crippen molar-refractivity contribution in [3.05, 3.63) is 95.1 Å². The zero-order valence-corrected chi connectivity index (χ0v) is 25.7. The molecule has 1 atom stereocenters. The van der Waals surface area contributed by atoms with Gasteiger partial charge in [0.2, 0.25) is 11.1 Å². The molecule has 1 fully saturated rings. The van der Waals surface area contributed by atoms with Crippen LogP contribution >= 0.6 is 11.8 Å². The van der Waals surface area contributed by atoms with Gasteiger partial charge < -0.3 is 14.4 Å².